The highest BCUT2D eigenvalue weighted by Crippen LogP contribution is 2.37. The predicted octanol–water partition coefficient (Wildman–Crippen LogP) is 3.29. The van der Waals surface area contributed by atoms with Gasteiger partial charge in [-0.2, -0.15) is 0 Å². The van der Waals surface area contributed by atoms with Gasteiger partial charge in [0.15, 0.2) is 0 Å². The van der Waals surface area contributed by atoms with Crippen molar-refractivity contribution in [2.24, 2.45) is 11.8 Å². The Labute approximate surface area is 97.1 Å². The molecular formula is C14H19NO. The van der Waals surface area contributed by atoms with Crippen molar-refractivity contribution >= 4 is 11.6 Å². The number of amides is 1. The molecule has 0 saturated heterocycles. The SMILES string of the molecule is Cc1cc(C)cc(NC(=O)C(C)C2CC2)c1. The van der Waals surface area contributed by atoms with E-state index in [1.807, 2.05) is 32.9 Å². The first-order valence-corrected chi connectivity index (χ1v) is 5.95. The van der Waals surface area contributed by atoms with Crippen LogP contribution in [0.15, 0.2) is 18.2 Å². The third-order valence-electron chi connectivity index (χ3n) is 3.23. The highest BCUT2D eigenvalue weighted by atomic mass is 16.1. The molecule has 0 radical (unpaired) electrons. The third kappa shape index (κ3) is 2.63. The van der Waals surface area contributed by atoms with Crippen molar-refractivity contribution in [3.8, 4) is 0 Å². The molecule has 0 aromatic heterocycles. The van der Waals surface area contributed by atoms with Gasteiger partial charge in [0, 0.05) is 11.6 Å². The van der Waals surface area contributed by atoms with Gasteiger partial charge in [0.2, 0.25) is 5.91 Å². The van der Waals surface area contributed by atoms with E-state index in [2.05, 4.69) is 11.4 Å². The molecule has 1 amide bonds. The number of hydrogen-bond donors (Lipinski definition) is 1. The van der Waals surface area contributed by atoms with Crippen LogP contribution in [0, 0.1) is 25.7 Å². The number of aryl methyl sites for hydroxylation is 2. The molecule has 2 rings (SSSR count). The number of carbonyl (C=O) groups excluding carboxylic acids is 1. The molecule has 1 aromatic carbocycles. The summed E-state index contributed by atoms with van der Waals surface area (Å²) in [5.41, 5.74) is 3.30. The molecule has 1 aliphatic carbocycles. The monoisotopic (exact) mass is 217 g/mol. The summed E-state index contributed by atoms with van der Waals surface area (Å²) in [4.78, 5) is 11.9. The maximum atomic E-state index is 11.9. The van der Waals surface area contributed by atoms with Gasteiger partial charge >= 0.3 is 0 Å². The lowest BCUT2D eigenvalue weighted by molar-refractivity contribution is -0.119. The van der Waals surface area contributed by atoms with E-state index in [0.29, 0.717) is 5.92 Å². The highest BCUT2D eigenvalue weighted by Gasteiger charge is 2.32. The standard InChI is InChI=1S/C14H19NO/c1-9-6-10(2)8-13(7-9)15-14(16)11(3)12-4-5-12/h6-8,11-12H,4-5H2,1-3H3,(H,15,16). The van der Waals surface area contributed by atoms with Gasteiger partial charge in [0.1, 0.15) is 0 Å². The number of anilines is 1. The van der Waals surface area contributed by atoms with Gasteiger partial charge < -0.3 is 5.32 Å². The van der Waals surface area contributed by atoms with Crippen molar-refractivity contribution in [3.63, 3.8) is 0 Å². The molecular weight excluding hydrogens is 198 g/mol. The Kier molecular flexibility index (Phi) is 2.99. The lowest BCUT2D eigenvalue weighted by Gasteiger charge is -2.12. The number of carbonyl (C=O) groups is 1. The van der Waals surface area contributed by atoms with Crippen LogP contribution in [0.3, 0.4) is 0 Å². The normalized spacial score (nSPS) is 16.9. The number of benzene rings is 1. The summed E-state index contributed by atoms with van der Waals surface area (Å²) in [5.74, 6) is 0.930. The zero-order valence-corrected chi connectivity index (χ0v) is 10.2. The lowest BCUT2D eigenvalue weighted by Crippen LogP contribution is -2.21. The van der Waals surface area contributed by atoms with Crippen molar-refractivity contribution in [3.05, 3.63) is 29.3 Å². The lowest BCUT2D eigenvalue weighted by atomic mass is 10.1. The van der Waals surface area contributed by atoms with E-state index in [4.69, 9.17) is 0 Å². The first kappa shape index (κ1) is 11.2. The van der Waals surface area contributed by atoms with Crippen molar-refractivity contribution in [1.82, 2.24) is 0 Å². The van der Waals surface area contributed by atoms with Crippen molar-refractivity contribution in [1.29, 1.82) is 0 Å². The zero-order valence-electron chi connectivity index (χ0n) is 10.2. The second kappa shape index (κ2) is 4.28. The molecule has 2 nitrogen and oxygen atoms in total. The minimum absolute atomic E-state index is 0.154. The van der Waals surface area contributed by atoms with Gasteiger partial charge in [-0.25, -0.2) is 0 Å². The predicted molar refractivity (Wildman–Crippen MR) is 66.4 cm³/mol. The fourth-order valence-electron chi connectivity index (χ4n) is 2.11. The molecule has 0 spiro atoms. The second-order valence-corrected chi connectivity index (χ2v) is 4.99. The van der Waals surface area contributed by atoms with E-state index < -0.39 is 0 Å². The van der Waals surface area contributed by atoms with E-state index >= 15 is 0 Å². The summed E-state index contributed by atoms with van der Waals surface area (Å²) in [6.07, 6.45) is 2.42. The quantitative estimate of drug-likeness (QED) is 0.827. The molecule has 1 atom stereocenters. The summed E-state index contributed by atoms with van der Waals surface area (Å²) >= 11 is 0. The minimum atomic E-state index is 0.154. The van der Waals surface area contributed by atoms with Crippen LogP contribution in [-0.4, -0.2) is 5.91 Å². The third-order valence-corrected chi connectivity index (χ3v) is 3.23. The van der Waals surface area contributed by atoms with E-state index in [-0.39, 0.29) is 11.8 Å². The largest absolute Gasteiger partial charge is 0.326 e. The Balaban J connectivity index is 2.04. The second-order valence-electron chi connectivity index (χ2n) is 4.99. The Morgan fingerprint density at radius 1 is 1.25 bits per heavy atom. The molecule has 0 heterocycles. The highest BCUT2D eigenvalue weighted by molar-refractivity contribution is 5.92. The molecule has 1 aromatic rings. The van der Waals surface area contributed by atoms with Crippen LogP contribution in [0.5, 0.6) is 0 Å². The van der Waals surface area contributed by atoms with Crippen LogP contribution >= 0.6 is 0 Å². The van der Waals surface area contributed by atoms with Crippen LogP contribution < -0.4 is 5.32 Å². The molecule has 1 unspecified atom stereocenters. The van der Waals surface area contributed by atoms with Crippen LogP contribution in [0.4, 0.5) is 5.69 Å². The molecule has 16 heavy (non-hydrogen) atoms. The maximum absolute atomic E-state index is 11.9. The van der Waals surface area contributed by atoms with E-state index in [1.165, 1.54) is 24.0 Å². The molecule has 2 heteroatoms. The minimum Gasteiger partial charge on any atom is -0.326 e. The summed E-state index contributed by atoms with van der Waals surface area (Å²) in [6.45, 7) is 6.12. The van der Waals surface area contributed by atoms with Crippen molar-refractivity contribution in [2.45, 2.75) is 33.6 Å². The molecule has 1 fully saturated rings. The van der Waals surface area contributed by atoms with Crippen LogP contribution in [0.1, 0.15) is 30.9 Å². The molecule has 86 valence electrons. The fourth-order valence-corrected chi connectivity index (χ4v) is 2.11. The van der Waals surface area contributed by atoms with E-state index in [1.54, 1.807) is 0 Å². The van der Waals surface area contributed by atoms with Gasteiger partial charge in [0.25, 0.3) is 0 Å². The summed E-state index contributed by atoms with van der Waals surface area (Å²) in [6, 6.07) is 6.15. The van der Waals surface area contributed by atoms with Crippen LogP contribution in [0.25, 0.3) is 0 Å². The average molecular weight is 217 g/mol. The Hall–Kier alpha value is -1.31. The van der Waals surface area contributed by atoms with Gasteiger partial charge in [-0.1, -0.05) is 13.0 Å². The van der Waals surface area contributed by atoms with Gasteiger partial charge in [-0.3, -0.25) is 4.79 Å². The Bertz CT molecular complexity index is 387. The molecule has 0 aliphatic heterocycles. The zero-order chi connectivity index (χ0) is 11.7. The maximum Gasteiger partial charge on any atom is 0.227 e. The summed E-state index contributed by atoms with van der Waals surface area (Å²) in [5, 5.41) is 3.01. The smallest absolute Gasteiger partial charge is 0.227 e. The van der Waals surface area contributed by atoms with Crippen molar-refractivity contribution in [2.75, 3.05) is 5.32 Å². The average Bonchev–Trinajstić information content (AvgIpc) is 2.97. The summed E-state index contributed by atoms with van der Waals surface area (Å²) in [7, 11) is 0. The molecule has 1 N–H and O–H groups in total. The Morgan fingerprint density at radius 3 is 2.31 bits per heavy atom. The van der Waals surface area contributed by atoms with Gasteiger partial charge in [-0.15, -0.1) is 0 Å². The van der Waals surface area contributed by atoms with Gasteiger partial charge in [0.05, 0.1) is 0 Å². The van der Waals surface area contributed by atoms with Crippen LogP contribution in [-0.2, 0) is 4.79 Å². The molecule has 1 saturated carbocycles. The van der Waals surface area contributed by atoms with Gasteiger partial charge in [-0.05, 0) is 55.9 Å². The summed E-state index contributed by atoms with van der Waals surface area (Å²) < 4.78 is 0. The topological polar surface area (TPSA) is 29.1 Å². The fraction of sp³-hybridized carbons (Fsp3) is 0.500. The number of hydrogen-bond acceptors (Lipinski definition) is 1. The van der Waals surface area contributed by atoms with E-state index in [0.717, 1.165) is 5.69 Å². The first-order chi connectivity index (χ1) is 7.56. The van der Waals surface area contributed by atoms with Crippen molar-refractivity contribution < 1.29 is 4.79 Å². The Morgan fingerprint density at radius 2 is 1.81 bits per heavy atom. The number of nitrogens with one attached hydrogen (secondary N) is 1. The number of rotatable bonds is 3. The molecule has 0 bridgehead atoms. The van der Waals surface area contributed by atoms with E-state index in [9.17, 15) is 4.79 Å². The first-order valence-electron chi connectivity index (χ1n) is 5.95. The van der Waals surface area contributed by atoms with Crippen LogP contribution in [0.2, 0.25) is 0 Å². The molecule has 1 aliphatic rings.